The van der Waals surface area contributed by atoms with Crippen LogP contribution in [0.1, 0.15) is 25.6 Å². The number of aryl methyl sites for hydroxylation is 1. The lowest BCUT2D eigenvalue weighted by Gasteiger charge is -2.02. The van der Waals surface area contributed by atoms with Crippen molar-refractivity contribution in [1.29, 1.82) is 0 Å². The Balaban J connectivity index is 2.00. The van der Waals surface area contributed by atoms with Crippen molar-refractivity contribution in [3.05, 3.63) is 48.8 Å². The summed E-state index contributed by atoms with van der Waals surface area (Å²) in [4.78, 5) is 20.8. The highest BCUT2D eigenvalue weighted by atomic mass is 16.2. The predicted molar refractivity (Wildman–Crippen MR) is 80.3 cm³/mol. The van der Waals surface area contributed by atoms with Gasteiger partial charge in [0.15, 0.2) is 5.82 Å². The first-order chi connectivity index (χ1) is 10.8. The molecule has 2 aromatic heterocycles. The smallest absolute Gasteiger partial charge is 0.243 e. The summed E-state index contributed by atoms with van der Waals surface area (Å²) in [6.45, 7) is 2.10. The molecule has 0 amide bonds. The molecule has 112 valence electrons. The van der Waals surface area contributed by atoms with Crippen LogP contribution in [0.4, 0.5) is 4.79 Å². The van der Waals surface area contributed by atoms with Gasteiger partial charge in [0, 0.05) is 12.0 Å². The van der Waals surface area contributed by atoms with E-state index in [1.165, 1.54) is 17.3 Å². The summed E-state index contributed by atoms with van der Waals surface area (Å²) in [5, 5.41) is 8.22. The normalized spacial score (nSPS) is 10.8. The second-order valence-electron chi connectivity index (χ2n) is 4.86. The van der Waals surface area contributed by atoms with Gasteiger partial charge in [0.2, 0.25) is 0 Å². The summed E-state index contributed by atoms with van der Waals surface area (Å²) >= 11 is 0. The van der Waals surface area contributed by atoms with Crippen molar-refractivity contribution in [1.82, 2.24) is 29.5 Å². The zero-order valence-corrected chi connectivity index (χ0v) is 12.3. The van der Waals surface area contributed by atoms with E-state index in [1.807, 2.05) is 30.3 Å². The van der Waals surface area contributed by atoms with Crippen molar-refractivity contribution in [2.45, 2.75) is 26.2 Å². The molecule has 3 rings (SSSR count). The lowest BCUT2D eigenvalue weighted by molar-refractivity contribution is 0.237. The molecular formula is C15H16N6O. The quantitative estimate of drug-likeness (QED) is 0.738. The summed E-state index contributed by atoms with van der Waals surface area (Å²) in [5.74, 6) is 1.18. The van der Waals surface area contributed by atoms with Crippen LogP contribution in [-0.2, 0) is 6.42 Å². The Hall–Kier alpha value is -2.83. The molecule has 0 aliphatic heterocycles. The summed E-state index contributed by atoms with van der Waals surface area (Å²) in [7, 11) is 0. The number of carbonyl (C=O) groups is 1. The van der Waals surface area contributed by atoms with Gasteiger partial charge in [0.05, 0.1) is 0 Å². The summed E-state index contributed by atoms with van der Waals surface area (Å²) in [5.41, 5.74) is 0.880. The minimum Gasteiger partial charge on any atom is -0.243 e. The van der Waals surface area contributed by atoms with Crippen LogP contribution in [0.25, 0.3) is 11.4 Å². The minimum atomic E-state index is -0.377. The highest BCUT2D eigenvalue weighted by Gasteiger charge is 2.18. The topological polar surface area (TPSA) is 78.5 Å². The standard InChI is InChI=1S/C15H16N6O/c1-2-3-9-13-18-14(12-7-5-4-6-8-12)19-21(13)15(22)20-11-16-10-17-20/h4-8,10-11H,2-3,9H2,1H3. The van der Waals surface area contributed by atoms with Gasteiger partial charge in [0.25, 0.3) is 0 Å². The van der Waals surface area contributed by atoms with E-state index < -0.39 is 0 Å². The van der Waals surface area contributed by atoms with Gasteiger partial charge in [-0.05, 0) is 6.42 Å². The van der Waals surface area contributed by atoms with Gasteiger partial charge in [0.1, 0.15) is 18.5 Å². The fourth-order valence-electron chi connectivity index (χ4n) is 2.11. The van der Waals surface area contributed by atoms with Crippen LogP contribution < -0.4 is 0 Å². The molecule has 0 aliphatic rings. The molecule has 0 fully saturated rings. The average molecular weight is 296 g/mol. The zero-order chi connectivity index (χ0) is 15.4. The lowest BCUT2D eigenvalue weighted by Crippen LogP contribution is -2.23. The maximum Gasteiger partial charge on any atom is 0.372 e. The zero-order valence-electron chi connectivity index (χ0n) is 12.3. The molecular weight excluding hydrogens is 280 g/mol. The number of hydrogen-bond acceptors (Lipinski definition) is 5. The molecule has 0 saturated carbocycles. The van der Waals surface area contributed by atoms with E-state index in [9.17, 15) is 4.79 Å². The van der Waals surface area contributed by atoms with Crippen LogP contribution in [0, 0.1) is 0 Å². The molecule has 0 saturated heterocycles. The number of rotatable bonds is 4. The van der Waals surface area contributed by atoms with Crippen molar-refractivity contribution in [3.63, 3.8) is 0 Å². The molecule has 0 spiro atoms. The number of carbonyl (C=O) groups excluding carboxylic acids is 1. The SMILES string of the molecule is CCCCc1nc(-c2ccccc2)nn1C(=O)n1cncn1. The number of benzene rings is 1. The van der Waals surface area contributed by atoms with Crippen LogP contribution in [0.2, 0.25) is 0 Å². The van der Waals surface area contributed by atoms with Crippen LogP contribution in [-0.4, -0.2) is 35.6 Å². The number of nitrogens with zero attached hydrogens (tertiary/aromatic N) is 6. The molecule has 7 heteroatoms. The van der Waals surface area contributed by atoms with Crippen molar-refractivity contribution < 1.29 is 4.79 Å². The maximum atomic E-state index is 12.5. The third-order valence-corrected chi connectivity index (χ3v) is 3.26. The molecule has 0 aliphatic carbocycles. The van der Waals surface area contributed by atoms with E-state index in [4.69, 9.17) is 0 Å². The van der Waals surface area contributed by atoms with Crippen LogP contribution in [0.5, 0.6) is 0 Å². The monoisotopic (exact) mass is 296 g/mol. The second-order valence-corrected chi connectivity index (χ2v) is 4.86. The van der Waals surface area contributed by atoms with Crippen molar-refractivity contribution in [3.8, 4) is 11.4 Å². The number of aromatic nitrogens is 6. The van der Waals surface area contributed by atoms with Gasteiger partial charge in [-0.2, -0.15) is 14.5 Å². The first-order valence-electron chi connectivity index (χ1n) is 7.20. The fraction of sp³-hybridized carbons (Fsp3) is 0.267. The maximum absolute atomic E-state index is 12.5. The van der Waals surface area contributed by atoms with Crippen molar-refractivity contribution in [2.75, 3.05) is 0 Å². The Labute approximate surface area is 127 Å². The van der Waals surface area contributed by atoms with Crippen LogP contribution in [0.3, 0.4) is 0 Å². The Bertz CT molecular complexity index is 748. The number of unbranched alkanes of at least 4 members (excludes halogenated alkanes) is 1. The molecule has 3 aromatic rings. The molecule has 7 nitrogen and oxygen atoms in total. The Morgan fingerprint density at radius 3 is 2.73 bits per heavy atom. The molecule has 2 heterocycles. The molecule has 0 unspecified atom stereocenters. The Morgan fingerprint density at radius 2 is 2.05 bits per heavy atom. The third-order valence-electron chi connectivity index (χ3n) is 3.26. The Kier molecular flexibility index (Phi) is 4.04. The first-order valence-corrected chi connectivity index (χ1v) is 7.20. The highest BCUT2D eigenvalue weighted by Crippen LogP contribution is 2.16. The highest BCUT2D eigenvalue weighted by molar-refractivity contribution is 5.78. The minimum absolute atomic E-state index is 0.377. The second kappa shape index (κ2) is 6.30. The lowest BCUT2D eigenvalue weighted by atomic mass is 10.2. The first kappa shape index (κ1) is 14.1. The predicted octanol–water partition coefficient (Wildman–Crippen LogP) is 2.40. The summed E-state index contributed by atoms with van der Waals surface area (Å²) in [6, 6.07) is 9.23. The van der Waals surface area contributed by atoms with E-state index in [0.717, 1.165) is 23.1 Å². The molecule has 1 aromatic carbocycles. The molecule has 0 radical (unpaired) electrons. The van der Waals surface area contributed by atoms with Crippen LogP contribution in [0.15, 0.2) is 43.0 Å². The molecule has 0 atom stereocenters. The average Bonchev–Trinajstić information content (AvgIpc) is 3.23. The summed E-state index contributed by atoms with van der Waals surface area (Å²) < 4.78 is 2.46. The van der Waals surface area contributed by atoms with Gasteiger partial charge in [-0.1, -0.05) is 43.7 Å². The molecule has 0 N–H and O–H groups in total. The Morgan fingerprint density at radius 1 is 1.23 bits per heavy atom. The van der Waals surface area contributed by atoms with Gasteiger partial charge in [-0.15, -0.1) is 5.10 Å². The van der Waals surface area contributed by atoms with Gasteiger partial charge in [-0.25, -0.2) is 14.8 Å². The van der Waals surface area contributed by atoms with Crippen LogP contribution >= 0.6 is 0 Å². The van der Waals surface area contributed by atoms with Gasteiger partial charge in [-0.3, -0.25) is 0 Å². The van der Waals surface area contributed by atoms with E-state index in [1.54, 1.807) is 0 Å². The van der Waals surface area contributed by atoms with Gasteiger partial charge >= 0.3 is 6.03 Å². The van der Waals surface area contributed by atoms with E-state index >= 15 is 0 Å². The van der Waals surface area contributed by atoms with Crippen molar-refractivity contribution >= 4 is 6.03 Å². The molecule has 0 bridgehead atoms. The molecule has 22 heavy (non-hydrogen) atoms. The third kappa shape index (κ3) is 2.78. The van der Waals surface area contributed by atoms with E-state index in [2.05, 4.69) is 27.1 Å². The largest absolute Gasteiger partial charge is 0.372 e. The van der Waals surface area contributed by atoms with Gasteiger partial charge < -0.3 is 0 Å². The number of hydrogen-bond donors (Lipinski definition) is 0. The van der Waals surface area contributed by atoms with E-state index in [0.29, 0.717) is 18.1 Å². The van der Waals surface area contributed by atoms with E-state index in [-0.39, 0.29) is 6.03 Å². The fourth-order valence-corrected chi connectivity index (χ4v) is 2.11. The van der Waals surface area contributed by atoms with Crippen molar-refractivity contribution in [2.24, 2.45) is 0 Å². The summed E-state index contributed by atoms with van der Waals surface area (Å²) in [6.07, 6.45) is 5.33.